The van der Waals surface area contributed by atoms with Crippen LogP contribution in [0, 0.1) is 10.1 Å². The van der Waals surface area contributed by atoms with E-state index in [2.05, 4.69) is 5.32 Å². The lowest BCUT2D eigenvalue weighted by Gasteiger charge is -2.17. The molecule has 0 aliphatic rings. The Bertz CT molecular complexity index is 647. The fraction of sp³-hybridized carbons (Fsp3) is 0.143. The van der Waals surface area contributed by atoms with Gasteiger partial charge < -0.3 is 5.32 Å². The number of hydrogen-bond donors (Lipinski definition) is 1. The molecule has 2 aromatic rings. The maximum Gasteiger partial charge on any atom is 0.310 e. The Hall–Kier alpha value is -1.78. The second kappa shape index (κ2) is 6.11. The van der Waals surface area contributed by atoms with Crippen LogP contribution >= 0.6 is 23.2 Å². The molecule has 0 fully saturated rings. The minimum absolute atomic E-state index is 0.103. The molecule has 0 saturated heterocycles. The average Bonchev–Trinajstić information content (AvgIpc) is 2.38. The maximum atomic E-state index is 11.1. The molecule has 20 heavy (non-hydrogen) atoms. The van der Waals surface area contributed by atoms with Gasteiger partial charge in [0.25, 0.3) is 0 Å². The quantitative estimate of drug-likeness (QED) is 0.633. The van der Waals surface area contributed by atoms with Gasteiger partial charge in [-0.3, -0.25) is 10.1 Å². The van der Waals surface area contributed by atoms with E-state index < -0.39 is 4.92 Å². The Morgan fingerprint density at radius 3 is 2.40 bits per heavy atom. The van der Waals surface area contributed by atoms with Crippen molar-refractivity contribution in [2.75, 3.05) is 5.32 Å². The van der Waals surface area contributed by atoms with Crippen molar-refractivity contribution < 1.29 is 4.92 Å². The highest BCUT2D eigenvalue weighted by atomic mass is 35.5. The second-order valence-corrected chi connectivity index (χ2v) is 5.10. The minimum atomic E-state index is -0.496. The van der Waals surface area contributed by atoms with E-state index in [9.17, 15) is 10.1 Å². The third-order valence-electron chi connectivity index (χ3n) is 2.91. The summed E-state index contributed by atoms with van der Waals surface area (Å²) in [6.45, 7) is 1.88. The normalized spacial score (nSPS) is 11.9. The summed E-state index contributed by atoms with van der Waals surface area (Å²) in [4.78, 5) is 10.6. The van der Waals surface area contributed by atoms with E-state index >= 15 is 0 Å². The van der Waals surface area contributed by atoms with E-state index in [1.54, 1.807) is 18.2 Å². The van der Waals surface area contributed by atoms with Crippen molar-refractivity contribution in [3.63, 3.8) is 0 Å². The molecule has 104 valence electrons. The SMILES string of the molecule is CC(Nc1cccc(Cl)c1[N+](=O)[O-])c1ccccc1Cl. The van der Waals surface area contributed by atoms with E-state index in [1.165, 1.54) is 6.07 Å². The lowest BCUT2D eigenvalue weighted by Crippen LogP contribution is -2.09. The summed E-state index contributed by atoms with van der Waals surface area (Å²) in [5.41, 5.74) is 1.10. The number of para-hydroxylation sites is 1. The molecule has 0 amide bonds. The molecule has 2 rings (SSSR count). The number of benzene rings is 2. The van der Waals surface area contributed by atoms with Crippen LogP contribution in [-0.2, 0) is 0 Å². The van der Waals surface area contributed by atoms with Crippen LogP contribution in [0.3, 0.4) is 0 Å². The fourth-order valence-electron chi connectivity index (χ4n) is 1.95. The largest absolute Gasteiger partial charge is 0.373 e. The topological polar surface area (TPSA) is 55.2 Å². The molecule has 0 aromatic heterocycles. The highest BCUT2D eigenvalue weighted by Crippen LogP contribution is 2.35. The summed E-state index contributed by atoms with van der Waals surface area (Å²) in [5, 5.41) is 14.9. The zero-order valence-electron chi connectivity index (χ0n) is 10.6. The van der Waals surface area contributed by atoms with Crippen molar-refractivity contribution in [3.05, 3.63) is 68.2 Å². The molecule has 1 N–H and O–H groups in total. The highest BCUT2D eigenvalue weighted by Gasteiger charge is 2.20. The van der Waals surface area contributed by atoms with Crippen molar-refractivity contribution in [1.29, 1.82) is 0 Å². The third kappa shape index (κ3) is 3.03. The van der Waals surface area contributed by atoms with Crippen molar-refractivity contribution in [3.8, 4) is 0 Å². The smallest absolute Gasteiger partial charge is 0.310 e. The first-order valence-electron chi connectivity index (χ1n) is 5.94. The molecule has 4 nitrogen and oxygen atoms in total. The van der Waals surface area contributed by atoms with Gasteiger partial charge in [0.15, 0.2) is 0 Å². The van der Waals surface area contributed by atoms with E-state index in [-0.39, 0.29) is 16.8 Å². The Balaban J connectivity index is 2.33. The summed E-state index contributed by atoms with van der Waals surface area (Å²) >= 11 is 12.0. The summed E-state index contributed by atoms with van der Waals surface area (Å²) < 4.78 is 0. The molecule has 1 atom stereocenters. The van der Waals surface area contributed by atoms with Crippen molar-refractivity contribution in [1.82, 2.24) is 0 Å². The monoisotopic (exact) mass is 310 g/mol. The second-order valence-electron chi connectivity index (χ2n) is 4.28. The van der Waals surface area contributed by atoms with Crippen molar-refractivity contribution in [2.45, 2.75) is 13.0 Å². The van der Waals surface area contributed by atoms with Crippen LogP contribution in [-0.4, -0.2) is 4.92 Å². The molecule has 0 radical (unpaired) electrons. The van der Waals surface area contributed by atoms with Gasteiger partial charge in [-0.15, -0.1) is 0 Å². The number of hydrogen-bond acceptors (Lipinski definition) is 3. The van der Waals surface area contributed by atoms with Crippen LogP contribution < -0.4 is 5.32 Å². The minimum Gasteiger partial charge on any atom is -0.373 e. The number of halogens is 2. The summed E-state index contributed by atoms with van der Waals surface area (Å²) in [6, 6.07) is 11.9. The molecule has 2 aromatic carbocycles. The standard InChI is InChI=1S/C14H12Cl2N2O2/c1-9(10-5-2-3-6-11(10)15)17-13-8-4-7-12(16)14(13)18(19)20/h2-9,17H,1H3. The van der Waals surface area contributed by atoms with Crippen LogP contribution in [0.1, 0.15) is 18.5 Å². The molecule has 6 heteroatoms. The summed E-state index contributed by atoms with van der Waals surface area (Å²) in [6.07, 6.45) is 0. The van der Waals surface area contributed by atoms with E-state index in [1.807, 2.05) is 25.1 Å². The molecule has 0 heterocycles. The van der Waals surface area contributed by atoms with Crippen LogP contribution in [0.4, 0.5) is 11.4 Å². The van der Waals surface area contributed by atoms with Gasteiger partial charge in [0.05, 0.1) is 11.0 Å². The first kappa shape index (κ1) is 14.6. The Labute approximate surface area is 126 Å². The molecule has 1 unspecified atom stereocenters. The van der Waals surface area contributed by atoms with Crippen LogP contribution in [0.15, 0.2) is 42.5 Å². The molecule has 0 spiro atoms. The molecular weight excluding hydrogens is 299 g/mol. The van der Waals surface area contributed by atoms with Crippen molar-refractivity contribution >= 4 is 34.6 Å². The predicted octanol–water partition coefficient (Wildman–Crippen LogP) is 5.07. The van der Waals surface area contributed by atoms with E-state index in [0.717, 1.165) is 5.56 Å². The Morgan fingerprint density at radius 2 is 1.75 bits per heavy atom. The molecular formula is C14H12Cl2N2O2. The first-order valence-corrected chi connectivity index (χ1v) is 6.70. The van der Waals surface area contributed by atoms with Gasteiger partial charge in [-0.05, 0) is 30.7 Å². The van der Waals surface area contributed by atoms with Crippen LogP contribution in [0.25, 0.3) is 0 Å². The summed E-state index contributed by atoms with van der Waals surface area (Å²) in [7, 11) is 0. The number of nitro groups is 1. The zero-order chi connectivity index (χ0) is 14.7. The lowest BCUT2D eigenvalue weighted by atomic mass is 10.1. The number of rotatable bonds is 4. The van der Waals surface area contributed by atoms with Crippen LogP contribution in [0.2, 0.25) is 10.0 Å². The fourth-order valence-corrected chi connectivity index (χ4v) is 2.50. The van der Waals surface area contributed by atoms with Gasteiger partial charge in [-0.25, -0.2) is 0 Å². The number of anilines is 1. The lowest BCUT2D eigenvalue weighted by molar-refractivity contribution is -0.383. The van der Waals surface area contributed by atoms with Gasteiger partial charge in [0.1, 0.15) is 10.7 Å². The number of nitrogens with one attached hydrogen (secondary N) is 1. The number of nitro benzene ring substituents is 1. The Morgan fingerprint density at radius 1 is 1.10 bits per heavy atom. The molecule has 0 aliphatic heterocycles. The summed E-state index contributed by atoms with van der Waals surface area (Å²) in [5.74, 6) is 0. The van der Waals surface area contributed by atoms with Gasteiger partial charge >= 0.3 is 5.69 Å². The third-order valence-corrected chi connectivity index (χ3v) is 3.56. The molecule has 0 aliphatic carbocycles. The predicted molar refractivity (Wildman–Crippen MR) is 81.6 cm³/mol. The van der Waals surface area contributed by atoms with Gasteiger partial charge in [0.2, 0.25) is 0 Å². The first-order chi connectivity index (χ1) is 9.50. The van der Waals surface area contributed by atoms with Gasteiger partial charge in [-0.1, -0.05) is 47.5 Å². The molecule has 0 bridgehead atoms. The van der Waals surface area contributed by atoms with Crippen LogP contribution in [0.5, 0.6) is 0 Å². The van der Waals surface area contributed by atoms with E-state index in [4.69, 9.17) is 23.2 Å². The number of nitrogens with zero attached hydrogens (tertiary/aromatic N) is 1. The van der Waals surface area contributed by atoms with E-state index in [0.29, 0.717) is 10.7 Å². The highest BCUT2D eigenvalue weighted by molar-refractivity contribution is 6.33. The molecule has 0 saturated carbocycles. The zero-order valence-corrected chi connectivity index (χ0v) is 12.2. The Kier molecular flexibility index (Phi) is 4.47. The van der Waals surface area contributed by atoms with Gasteiger partial charge in [0, 0.05) is 5.02 Å². The average molecular weight is 311 g/mol. The maximum absolute atomic E-state index is 11.1. The van der Waals surface area contributed by atoms with Gasteiger partial charge in [-0.2, -0.15) is 0 Å². The van der Waals surface area contributed by atoms with Crippen molar-refractivity contribution in [2.24, 2.45) is 0 Å².